The van der Waals surface area contributed by atoms with E-state index in [2.05, 4.69) is 245 Å². The second kappa shape index (κ2) is 14.0. The van der Waals surface area contributed by atoms with Gasteiger partial charge in [-0.1, -0.05) is 185 Å². The first-order valence-corrected chi connectivity index (χ1v) is 22.2. The standard InChI is InChI=1S/C62H47N/c1-61(2)57-36-43(41-17-9-6-10-18-41)25-31-52(57)54-33-29-47(38-59(54)61)63(46-27-23-42(24-28-46)40-15-7-5-8-16-40)48-30-34-55-53-32-26-45(37-58(53)62(3,4)60(55)39-48)56-35-44-19-11-12-20-49(44)50-21-13-14-22-51(50)56/h5-39H,1-4H3. The molecule has 0 saturated heterocycles. The van der Waals surface area contributed by atoms with E-state index in [4.69, 9.17) is 0 Å². The predicted octanol–water partition coefficient (Wildman–Crippen LogP) is 17.1. The van der Waals surface area contributed by atoms with Crippen LogP contribution in [0.25, 0.3) is 77.2 Å². The van der Waals surface area contributed by atoms with Crippen molar-refractivity contribution in [3.8, 4) is 55.6 Å². The molecule has 300 valence electrons. The highest BCUT2D eigenvalue weighted by molar-refractivity contribution is 6.14. The van der Waals surface area contributed by atoms with Gasteiger partial charge in [0.05, 0.1) is 0 Å². The van der Waals surface area contributed by atoms with Crippen molar-refractivity contribution in [2.75, 3.05) is 4.90 Å². The third-order valence-electron chi connectivity index (χ3n) is 14.3. The fourth-order valence-corrected chi connectivity index (χ4v) is 10.9. The Labute approximate surface area is 370 Å². The molecular weight excluding hydrogens is 759 g/mol. The molecule has 0 N–H and O–H groups in total. The van der Waals surface area contributed by atoms with E-state index in [-0.39, 0.29) is 10.8 Å². The summed E-state index contributed by atoms with van der Waals surface area (Å²) >= 11 is 0. The van der Waals surface area contributed by atoms with E-state index in [9.17, 15) is 0 Å². The van der Waals surface area contributed by atoms with Crippen molar-refractivity contribution in [3.05, 3.63) is 235 Å². The number of rotatable bonds is 6. The summed E-state index contributed by atoms with van der Waals surface area (Å²) in [7, 11) is 0. The Morgan fingerprint density at radius 3 is 1.25 bits per heavy atom. The number of anilines is 3. The van der Waals surface area contributed by atoms with Gasteiger partial charge in [0, 0.05) is 27.9 Å². The van der Waals surface area contributed by atoms with Crippen LogP contribution in [-0.2, 0) is 10.8 Å². The van der Waals surface area contributed by atoms with E-state index in [1.807, 2.05) is 0 Å². The molecule has 0 bridgehead atoms. The molecular formula is C62H47N. The minimum atomic E-state index is -0.218. The number of hydrogen-bond donors (Lipinski definition) is 0. The van der Waals surface area contributed by atoms with Crippen molar-refractivity contribution in [1.82, 2.24) is 0 Å². The number of nitrogens with zero attached hydrogens (tertiary/aromatic N) is 1. The third kappa shape index (κ3) is 5.84. The van der Waals surface area contributed by atoms with Crippen molar-refractivity contribution in [3.63, 3.8) is 0 Å². The van der Waals surface area contributed by atoms with E-state index < -0.39 is 0 Å². The largest absolute Gasteiger partial charge is 0.310 e. The molecule has 0 aromatic heterocycles. The van der Waals surface area contributed by atoms with Crippen LogP contribution in [0.3, 0.4) is 0 Å². The average molecular weight is 806 g/mol. The molecule has 1 nitrogen and oxygen atoms in total. The lowest BCUT2D eigenvalue weighted by atomic mass is 9.81. The highest BCUT2D eigenvalue weighted by Crippen LogP contribution is 2.54. The summed E-state index contributed by atoms with van der Waals surface area (Å²) in [6.07, 6.45) is 0. The highest BCUT2D eigenvalue weighted by Gasteiger charge is 2.38. The smallest absolute Gasteiger partial charge is 0.0465 e. The SMILES string of the molecule is CC1(C)c2cc(-c3ccccc3)ccc2-c2ccc(N(c3ccc(-c4ccccc4)cc3)c3ccc4c(c3)C(C)(C)c3cc(-c5cc6ccccc6c6ccccc56)ccc3-4)cc21. The van der Waals surface area contributed by atoms with Crippen LogP contribution in [0, 0.1) is 0 Å². The van der Waals surface area contributed by atoms with Gasteiger partial charge in [-0.15, -0.1) is 0 Å². The first kappa shape index (κ1) is 37.3. The summed E-state index contributed by atoms with van der Waals surface area (Å²) in [5.41, 5.74) is 21.3. The van der Waals surface area contributed by atoms with Crippen LogP contribution in [0.15, 0.2) is 212 Å². The molecule has 0 aliphatic heterocycles. The normalized spacial score (nSPS) is 14.0. The summed E-state index contributed by atoms with van der Waals surface area (Å²) < 4.78 is 0. The molecule has 0 atom stereocenters. The maximum absolute atomic E-state index is 2.47. The van der Waals surface area contributed by atoms with Crippen LogP contribution in [-0.4, -0.2) is 0 Å². The minimum absolute atomic E-state index is 0.177. The van der Waals surface area contributed by atoms with Crippen LogP contribution in [0.2, 0.25) is 0 Å². The Hall–Kier alpha value is -7.48. The van der Waals surface area contributed by atoms with Gasteiger partial charge in [-0.25, -0.2) is 0 Å². The van der Waals surface area contributed by atoms with Gasteiger partial charge in [0.2, 0.25) is 0 Å². The summed E-state index contributed by atoms with van der Waals surface area (Å²) in [6, 6.07) is 79.0. The van der Waals surface area contributed by atoms with E-state index in [0.29, 0.717) is 0 Å². The van der Waals surface area contributed by atoms with Crippen LogP contribution in [0.4, 0.5) is 17.1 Å². The zero-order valence-corrected chi connectivity index (χ0v) is 36.2. The number of fused-ring (bicyclic) bond motifs is 9. The molecule has 0 radical (unpaired) electrons. The molecule has 10 aromatic rings. The summed E-state index contributed by atoms with van der Waals surface area (Å²) in [5.74, 6) is 0. The summed E-state index contributed by atoms with van der Waals surface area (Å²) in [6.45, 7) is 9.59. The van der Waals surface area contributed by atoms with Crippen molar-refractivity contribution in [2.24, 2.45) is 0 Å². The summed E-state index contributed by atoms with van der Waals surface area (Å²) in [5, 5.41) is 5.15. The Morgan fingerprint density at radius 1 is 0.270 bits per heavy atom. The van der Waals surface area contributed by atoms with Gasteiger partial charge in [-0.05, 0) is 154 Å². The van der Waals surface area contributed by atoms with Gasteiger partial charge in [0.1, 0.15) is 0 Å². The lowest BCUT2D eigenvalue weighted by molar-refractivity contribution is 0.660. The van der Waals surface area contributed by atoms with Crippen LogP contribution in [0.1, 0.15) is 49.9 Å². The van der Waals surface area contributed by atoms with E-state index in [1.165, 1.54) is 99.4 Å². The second-order valence-corrected chi connectivity index (χ2v) is 18.5. The Kier molecular flexibility index (Phi) is 8.30. The van der Waals surface area contributed by atoms with Gasteiger partial charge < -0.3 is 4.90 Å². The van der Waals surface area contributed by atoms with E-state index in [0.717, 1.165) is 17.1 Å². The second-order valence-electron chi connectivity index (χ2n) is 18.5. The maximum Gasteiger partial charge on any atom is 0.0465 e. The van der Waals surface area contributed by atoms with Crippen molar-refractivity contribution in [1.29, 1.82) is 0 Å². The molecule has 1 heteroatoms. The van der Waals surface area contributed by atoms with Crippen molar-refractivity contribution in [2.45, 2.75) is 38.5 Å². The molecule has 0 amide bonds. The average Bonchev–Trinajstić information content (AvgIpc) is 3.70. The maximum atomic E-state index is 2.47. The topological polar surface area (TPSA) is 3.24 Å². The van der Waals surface area contributed by atoms with Crippen LogP contribution < -0.4 is 4.90 Å². The molecule has 0 spiro atoms. The molecule has 2 aliphatic carbocycles. The molecule has 63 heavy (non-hydrogen) atoms. The Balaban J connectivity index is 0.972. The molecule has 10 aromatic carbocycles. The quantitative estimate of drug-likeness (QED) is 0.151. The Bertz CT molecular complexity index is 3430. The van der Waals surface area contributed by atoms with Gasteiger partial charge in [-0.2, -0.15) is 0 Å². The van der Waals surface area contributed by atoms with Gasteiger partial charge >= 0.3 is 0 Å². The van der Waals surface area contributed by atoms with Crippen LogP contribution >= 0.6 is 0 Å². The third-order valence-corrected chi connectivity index (χ3v) is 14.3. The number of hydrogen-bond acceptors (Lipinski definition) is 1. The fourth-order valence-electron chi connectivity index (χ4n) is 10.9. The van der Waals surface area contributed by atoms with Crippen LogP contribution in [0.5, 0.6) is 0 Å². The Morgan fingerprint density at radius 2 is 0.667 bits per heavy atom. The summed E-state index contributed by atoms with van der Waals surface area (Å²) in [4.78, 5) is 2.47. The monoisotopic (exact) mass is 805 g/mol. The molecule has 0 unspecified atom stereocenters. The highest BCUT2D eigenvalue weighted by atomic mass is 15.1. The van der Waals surface area contributed by atoms with Crippen molar-refractivity contribution < 1.29 is 0 Å². The molecule has 0 saturated carbocycles. The predicted molar refractivity (Wildman–Crippen MR) is 268 cm³/mol. The molecule has 0 fully saturated rings. The first-order valence-electron chi connectivity index (χ1n) is 22.2. The fraction of sp³-hybridized carbons (Fsp3) is 0.0968. The number of benzene rings is 10. The molecule has 12 rings (SSSR count). The van der Waals surface area contributed by atoms with Crippen molar-refractivity contribution >= 4 is 38.6 Å². The van der Waals surface area contributed by atoms with E-state index >= 15 is 0 Å². The molecule has 2 aliphatic rings. The lowest BCUT2D eigenvalue weighted by Crippen LogP contribution is -2.18. The van der Waals surface area contributed by atoms with Gasteiger partial charge in [0.25, 0.3) is 0 Å². The zero-order chi connectivity index (χ0) is 42.5. The minimum Gasteiger partial charge on any atom is -0.310 e. The zero-order valence-electron chi connectivity index (χ0n) is 36.2. The van der Waals surface area contributed by atoms with Gasteiger partial charge in [-0.3, -0.25) is 0 Å². The molecule has 0 heterocycles. The lowest BCUT2D eigenvalue weighted by Gasteiger charge is -2.30. The first-order chi connectivity index (χ1) is 30.7. The van der Waals surface area contributed by atoms with E-state index in [1.54, 1.807) is 0 Å². The van der Waals surface area contributed by atoms with Gasteiger partial charge in [0.15, 0.2) is 0 Å².